The number of rotatable bonds is 5. The number of aromatic nitrogens is 1. The molecule has 0 aliphatic carbocycles. The molecule has 1 heterocycles. The maximum absolute atomic E-state index is 14.1. The molecule has 1 aromatic carbocycles. The molecule has 6 nitrogen and oxygen atoms in total. The lowest BCUT2D eigenvalue weighted by Gasteiger charge is -2.16. The van der Waals surface area contributed by atoms with Crippen LogP contribution < -0.4 is 16.4 Å². The van der Waals surface area contributed by atoms with Crippen LogP contribution in [-0.2, 0) is 11.9 Å². The minimum absolute atomic E-state index is 0.153. The lowest BCUT2D eigenvalue weighted by molar-refractivity contribution is 0.0364. The second-order valence-electron chi connectivity index (χ2n) is 5.07. The first-order chi connectivity index (χ1) is 11.3. The summed E-state index contributed by atoms with van der Waals surface area (Å²) in [5, 5.41) is 2.84. The summed E-state index contributed by atoms with van der Waals surface area (Å²) in [5.41, 5.74) is 2.84. The topological polar surface area (TPSA) is 72.4 Å². The van der Waals surface area contributed by atoms with E-state index >= 15 is 0 Å². The molecule has 0 atom stereocenters. The number of hydrogen-bond acceptors (Lipinski definition) is 4. The quantitative estimate of drug-likeness (QED) is 0.760. The minimum atomic E-state index is -0.532. The van der Waals surface area contributed by atoms with Crippen LogP contribution in [0.1, 0.15) is 22.8 Å². The highest BCUT2D eigenvalue weighted by molar-refractivity contribution is 9.10. The van der Waals surface area contributed by atoms with Crippen molar-refractivity contribution >= 4 is 33.2 Å². The van der Waals surface area contributed by atoms with E-state index in [4.69, 9.17) is 4.84 Å². The summed E-state index contributed by atoms with van der Waals surface area (Å²) in [4.78, 5) is 29.4. The Morgan fingerprint density at radius 2 is 2.12 bits per heavy atom. The zero-order valence-corrected chi connectivity index (χ0v) is 15.0. The number of hydrogen-bond donors (Lipinski definition) is 2. The van der Waals surface area contributed by atoms with Gasteiger partial charge in [0.15, 0.2) is 0 Å². The van der Waals surface area contributed by atoms with Gasteiger partial charge in [0.2, 0.25) is 0 Å². The molecule has 1 amide bonds. The maximum Gasteiger partial charge on any atom is 0.278 e. The Labute approximate surface area is 146 Å². The second kappa shape index (κ2) is 7.59. The number of nitrogens with zero attached hydrogens (tertiary/aromatic N) is 1. The van der Waals surface area contributed by atoms with E-state index in [1.54, 1.807) is 19.9 Å². The number of hydroxylamine groups is 1. The van der Waals surface area contributed by atoms with Gasteiger partial charge >= 0.3 is 0 Å². The van der Waals surface area contributed by atoms with Crippen molar-refractivity contribution in [3.8, 4) is 0 Å². The average molecular weight is 398 g/mol. The first-order valence-corrected chi connectivity index (χ1v) is 7.98. The number of aryl methyl sites for hydroxylation is 1. The van der Waals surface area contributed by atoms with Gasteiger partial charge in [-0.1, -0.05) is 15.9 Å². The molecule has 0 aliphatic heterocycles. The predicted molar refractivity (Wildman–Crippen MR) is 92.9 cm³/mol. The van der Waals surface area contributed by atoms with Crippen molar-refractivity contribution in [2.45, 2.75) is 13.8 Å². The highest BCUT2D eigenvalue weighted by atomic mass is 79.9. The summed E-state index contributed by atoms with van der Waals surface area (Å²) in [5.74, 6) is -1.05. The van der Waals surface area contributed by atoms with Crippen molar-refractivity contribution in [2.75, 3.05) is 11.9 Å². The first kappa shape index (κ1) is 18.2. The van der Waals surface area contributed by atoms with Crippen LogP contribution >= 0.6 is 15.9 Å². The largest absolute Gasteiger partial charge is 0.352 e. The number of carbonyl (C=O) groups is 1. The van der Waals surface area contributed by atoms with Gasteiger partial charge < -0.3 is 9.88 Å². The van der Waals surface area contributed by atoms with Crippen LogP contribution in [0.3, 0.4) is 0 Å². The maximum atomic E-state index is 14.1. The average Bonchev–Trinajstić information content (AvgIpc) is 2.54. The molecule has 0 fully saturated rings. The number of carbonyl (C=O) groups excluding carboxylic acids is 1. The Balaban J connectivity index is 2.52. The van der Waals surface area contributed by atoms with Crippen LogP contribution in [0.2, 0.25) is 0 Å². The van der Waals surface area contributed by atoms with Crippen molar-refractivity contribution in [1.82, 2.24) is 10.0 Å². The number of anilines is 2. The van der Waals surface area contributed by atoms with Crippen LogP contribution in [0, 0.1) is 12.7 Å². The summed E-state index contributed by atoms with van der Waals surface area (Å²) in [6, 6.07) is 4.46. The summed E-state index contributed by atoms with van der Waals surface area (Å²) >= 11 is 3.18. The molecule has 2 rings (SSSR count). The van der Waals surface area contributed by atoms with Gasteiger partial charge in [0.05, 0.1) is 23.5 Å². The Morgan fingerprint density at radius 3 is 2.75 bits per heavy atom. The summed E-state index contributed by atoms with van der Waals surface area (Å²) < 4.78 is 16.0. The van der Waals surface area contributed by atoms with Crippen LogP contribution in [0.5, 0.6) is 0 Å². The molecule has 0 saturated carbocycles. The fourth-order valence-electron chi connectivity index (χ4n) is 2.14. The van der Waals surface area contributed by atoms with Crippen LogP contribution in [-0.4, -0.2) is 17.1 Å². The van der Waals surface area contributed by atoms with Crippen LogP contribution in [0.25, 0.3) is 0 Å². The molecule has 8 heteroatoms. The van der Waals surface area contributed by atoms with Crippen molar-refractivity contribution in [3.63, 3.8) is 0 Å². The van der Waals surface area contributed by atoms with Gasteiger partial charge in [0.1, 0.15) is 5.82 Å². The Hall–Kier alpha value is -2.19. The van der Waals surface area contributed by atoms with E-state index in [1.165, 1.54) is 29.9 Å². The number of amides is 1. The molecule has 128 valence electrons. The number of pyridine rings is 1. The zero-order chi connectivity index (χ0) is 17.9. The van der Waals surface area contributed by atoms with Crippen molar-refractivity contribution in [1.29, 1.82) is 0 Å². The summed E-state index contributed by atoms with van der Waals surface area (Å²) in [6.45, 7) is 3.59. The SMILES string of the molecule is CCONC(=O)c1cn(C)c(=O)c(C)c1Nc1ccc(Br)cc1F. The molecule has 0 spiro atoms. The Kier molecular flexibility index (Phi) is 5.74. The molecule has 1 aromatic heterocycles. The number of nitrogens with one attached hydrogen (secondary N) is 2. The van der Waals surface area contributed by atoms with Gasteiger partial charge in [-0.15, -0.1) is 0 Å². The molecule has 0 saturated heterocycles. The van der Waals surface area contributed by atoms with E-state index in [2.05, 4.69) is 26.7 Å². The molecule has 2 N–H and O–H groups in total. The third-order valence-electron chi connectivity index (χ3n) is 3.35. The van der Waals surface area contributed by atoms with E-state index in [9.17, 15) is 14.0 Å². The van der Waals surface area contributed by atoms with E-state index in [1.807, 2.05) is 0 Å². The van der Waals surface area contributed by atoms with E-state index in [0.29, 0.717) is 16.6 Å². The lowest BCUT2D eigenvalue weighted by Crippen LogP contribution is -2.29. The first-order valence-electron chi connectivity index (χ1n) is 7.19. The molecular weight excluding hydrogens is 381 g/mol. The molecule has 2 aromatic rings. The Bertz CT molecular complexity index is 836. The van der Waals surface area contributed by atoms with E-state index in [-0.39, 0.29) is 22.5 Å². The predicted octanol–water partition coefficient (Wildman–Crippen LogP) is 3.02. The van der Waals surface area contributed by atoms with Crippen molar-refractivity contribution in [3.05, 3.63) is 56.2 Å². The third-order valence-corrected chi connectivity index (χ3v) is 3.85. The molecular formula is C16H17BrFN3O3. The Morgan fingerprint density at radius 1 is 1.42 bits per heavy atom. The van der Waals surface area contributed by atoms with Crippen molar-refractivity contribution < 1.29 is 14.0 Å². The van der Waals surface area contributed by atoms with Gasteiger partial charge in [0.25, 0.3) is 11.5 Å². The number of benzene rings is 1. The van der Waals surface area contributed by atoms with E-state index in [0.717, 1.165) is 0 Å². The van der Waals surface area contributed by atoms with Gasteiger partial charge in [-0.25, -0.2) is 9.87 Å². The minimum Gasteiger partial charge on any atom is -0.352 e. The second-order valence-corrected chi connectivity index (χ2v) is 5.99. The summed E-state index contributed by atoms with van der Waals surface area (Å²) in [6.07, 6.45) is 1.38. The van der Waals surface area contributed by atoms with Crippen LogP contribution in [0.15, 0.2) is 33.7 Å². The van der Waals surface area contributed by atoms with Gasteiger partial charge in [-0.05, 0) is 32.0 Å². The number of halogens is 2. The smallest absolute Gasteiger partial charge is 0.278 e. The van der Waals surface area contributed by atoms with Crippen molar-refractivity contribution in [2.24, 2.45) is 7.05 Å². The molecule has 0 radical (unpaired) electrons. The van der Waals surface area contributed by atoms with Crippen LogP contribution in [0.4, 0.5) is 15.8 Å². The monoisotopic (exact) mass is 397 g/mol. The molecule has 0 aliphatic rings. The standard InChI is InChI=1S/C16H17BrFN3O3/c1-4-24-20-15(22)11-8-21(3)16(23)9(2)14(11)19-13-6-5-10(17)7-12(13)18/h5-8,19H,4H2,1-3H3,(H,20,22). The van der Waals surface area contributed by atoms with E-state index < -0.39 is 11.7 Å². The highest BCUT2D eigenvalue weighted by Gasteiger charge is 2.18. The highest BCUT2D eigenvalue weighted by Crippen LogP contribution is 2.26. The summed E-state index contributed by atoms with van der Waals surface area (Å²) in [7, 11) is 1.54. The fraction of sp³-hybridized carbons (Fsp3) is 0.250. The fourth-order valence-corrected chi connectivity index (χ4v) is 2.47. The molecule has 24 heavy (non-hydrogen) atoms. The third kappa shape index (κ3) is 3.82. The zero-order valence-electron chi connectivity index (χ0n) is 13.4. The van der Waals surface area contributed by atoms with Gasteiger partial charge in [0, 0.05) is 23.3 Å². The molecule has 0 unspecified atom stereocenters. The molecule has 0 bridgehead atoms. The normalized spacial score (nSPS) is 10.5. The van der Waals surface area contributed by atoms with Gasteiger partial charge in [-0.3, -0.25) is 14.4 Å². The van der Waals surface area contributed by atoms with Gasteiger partial charge in [-0.2, -0.15) is 0 Å². The lowest BCUT2D eigenvalue weighted by atomic mass is 10.1.